The highest BCUT2D eigenvalue weighted by molar-refractivity contribution is 6.30. The standard InChI is InChI=1S/C58H65Cl/c1-7-9-11-13-15-19-33-58(34-20-16-14-12-10-8-2)52-22-18-17-21-48(52)51-32-26-44(39-55(51)58)43-25-30-49-50-31-27-45(38-54(50)57(5,6)53(49)37-43)46-35-40(3)56(41(4)36-46)42-23-28-47(59)29-24-42/h17-18,21-32,35-39H,7-16,19-20,33-34H2,1-6H3. The molecule has 0 radical (unpaired) electrons. The fourth-order valence-corrected chi connectivity index (χ4v) is 11.1. The molecular formula is C58H65Cl. The molecule has 0 bridgehead atoms. The third-order valence-corrected chi connectivity index (χ3v) is 14.4. The van der Waals surface area contributed by atoms with E-state index in [1.54, 1.807) is 11.1 Å². The summed E-state index contributed by atoms with van der Waals surface area (Å²) in [5.74, 6) is 0. The van der Waals surface area contributed by atoms with Crippen molar-refractivity contribution in [2.75, 3.05) is 0 Å². The van der Waals surface area contributed by atoms with Crippen LogP contribution in [0.4, 0.5) is 0 Å². The molecule has 6 aromatic rings. The molecular weight excluding hydrogens is 732 g/mol. The predicted octanol–water partition coefficient (Wildman–Crippen LogP) is 18.0. The van der Waals surface area contributed by atoms with Gasteiger partial charge in [-0.3, -0.25) is 0 Å². The largest absolute Gasteiger partial charge is 0.0843 e. The lowest BCUT2D eigenvalue weighted by atomic mass is 9.70. The van der Waals surface area contributed by atoms with Gasteiger partial charge in [0.05, 0.1) is 0 Å². The van der Waals surface area contributed by atoms with Crippen molar-refractivity contribution >= 4 is 11.6 Å². The lowest BCUT2D eigenvalue weighted by Gasteiger charge is -2.33. The van der Waals surface area contributed by atoms with Gasteiger partial charge in [0, 0.05) is 15.9 Å². The van der Waals surface area contributed by atoms with E-state index < -0.39 is 0 Å². The molecule has 1 heteroatoms. The molecule has 0 aliphatic heterocycles. The Bertz CT molecular complexity index is 2390. The monoisotopic (exact) mass is 796 g/mol. The van der Waals surface area contributed by atoms with Crippen molar-refractivity contribution in [3.05, 3.63) is 154 Å². The van der Waals surface area contributed by atoms with Gasteiger partial charge in [0.1, 0.15) is 0 Å². The first kappa shape index (κ1) is 41.3. The zero-order chi connectivity index (χ0) is 41.1. The summed E-state index contributed by atoms with van der Waals surface area (Å²) in [5, 5.41) is 0.771. The number of hydrogen-bond donors (Lipinski definition) is 0. The van der Waals surface area contributed by atoms with Crippen LogP contribution in [0.25, 0.3) is 55.6 Å². The van der Waals surface area contributed by atoms with Crippen molar-refractivity contribution in [2.45, 2.75) is 142 Å². The fourth-order valence-electron chi connectivity index (χ4n) is 11.0. The number of aryl methyl sites for hydroxylation is 2. The summed E-state index contributed by atoms with van der Waals surface area (Å²) >= 11 is 6.23. The molecule has 0 heterocycles. The van der Waals surface area contributed by atoms with Crippen molar-refractivity contribution in [3.63, 3.8) is 0 Å². The van der Waals surface area contributed by atoms with Crippen LogP contribution in [-0.2, 0) is 10.8 Å². The van der Waals surface area contributed by atoms with E-state index in [1.807, 2.05) is 12.1 Å². The van der Waals surface area contributed by atoms with Gasteiger partial charge in [-0.1, -0.05) is 201 Å². The highest BCUT2D eigenvalue weighted by Gasteiger charge is 2.42. The maximum absolute atomic E-state index is 6.23. The quantitative estimate of drug-likeness (QED) is 0.0807. The molecule has 8 rings (SSSR count). The Morgan fingerprint density at radius 3 is 1.37 bits per heavy atom. The summed E-state index contributed by atoms with van der Waals surface area (Å²) in [6.45, 7) is 14.0. The molecule has 59 heavy (non-hydrogen) atoms. The van der Waals surface area contributed by atoms with E-state index in [-0.39, 0.29) is 10.8 Å². The molecule has 0 spiro atoms. The van der Waals surface area contributed by atoms with Gasteiger partial charge < -0.3 is 0 Å². The van der Waals surface area contributed by atoms with Gasteiger partial charge in [0.15, 0.2) is 0 Å². The van der Waals surface area contributed by atoms with Gasteiger partial charge in [-0.15, -0.1) is 0 Å². The summed E-state index contributed by atoms with van der Waals surface area (Å²) in [6.07, 6.45) is 18.6. The second kappa shape index (κ2) is 17.7. The molecule has 0 nitrogen and oxygen atoms in total. The second-order valence-corrected chi connectivity index (χ2v) is 19.0. The molecule has 0 atom stereocenters. The minimum atomic E-state index is -0.115. The fraction of sp³-hybridized carbons (Fsp3) is 0.379. The molecule has 0 N–H and O–H groups in total. The summed E-state index contributed by atoms with van der Waals surface area (Å²) in [6, 6.07) is 44.4. The lowest BCUT2D eigenvalue weighted by molar-refractivity contribution is 0.398. The Morgan fingerprint density at radius 2 is 0.831 bits per heavy atom. The normalized spacial score (nSPS) is 14.2. The van der Waals surface area contributed by atoms with Crippen molar-refractivity contribution in [3.8, 4) is 55.6 Å². The molecule has 0 unspecified atom stereocenters. The smallest absolute Gasteiger partial charge is 0.0406 e. The number of rotatable bonds is 17. The maximum Gasteiger partial charge on any atom is 0.0406 e. The molecule has 0 saturated carbocycles. The zero-order valence-electron chi connectivity index (χ0n) is 36.7. The second-order valence-electron chi connectivity index (χ2n) is 18.6. The van der Waals surface area contributed by atoms with Crippen LogP contribution in [0.3, 0.4) is 0 Å². The van der Waals surface area contributed by atoms with Crippen LogP contribution in [0.5, 0.6) is 0 Å². The highest BCUT2D eigenvalue weighted by Crippen LogP contribution is 2.56. The average molecular weight is 798 g/mol. The molecule has 0 aromatic heterocycles. The number of halogens is 1. The Labute approximate surface area is 361 Å². The van der Waals surface area contributed by atoms with E-state index in [4.69, 9.17) is 11.6 Å². The average Bonchev–Trinajstić information content (AvgIpc) is 3.64. The lowest BCUT2D eigenvalue weighted by Crippen LogP contribution is -2.25. The topological polar surface area (TPSA) is 0 Å². The van der Waals surface area contributed by atoms with E-state index in [0.29, 0.717) is 0 Å². The summed E-state index contributed by atoms with van der Waals surface area (Å²) in [7, 11) is 0. The zero-order valence-corrected chi connectivity index (χ0v) is 37.5. The van der Waals surface area contributed by atoms with Gasteiger partial charge in [0.2, 0.25) is 0 Å². The van der Waals surface area contributed by atoms with Crippen molar-refractivity contribution in [1.29, 1.82) is 0 Å². The molecule has 0 saturated heterocycles. The number of fused-ring (bicyclic) bond motifs is 6. The Hall–Kier alpha value is -4.39. The highest BCUT2D eigenvalue weighted by atomic mass is 35.5. The molecule has 0 amide bonds. The van der Waals surface area contributed by atoms with Crippen LogP contribution in [0.2, 0.25) is 5.02 Å². The van der Waals surface area contributed by atoms with Crippen LogP contribution in [-0.4, -0.2) is 0 Å². The molecule has 2 aliphatic carbocycles. The third-order valence-electron chi connectivity index (χ3n) is 14.2. The Morgan fingerprint density at radius 1 is 0.407 bits per heavy atom. The van der Waals surface area contributed by atoms with Crippen LogP contribution in [0.1, 0.15) is 151 Å². The van der Waals surface area contributed by atoms with Crippen molar-refractivity contribution in [1.82, 2.24) is 0 Å². The minimum absolute atomic E-state index is 0.0871. The molecule has 2 aliphatic rings. The summed E-state index contributed by atoms with van der Waals surface area (Å²) in [5.41, 5.74) is 22.0. The summed E-state index contributed by atoms with van der Waals surface area (Å²) < 4.78 is 0. The van der Waals surface area contributed by atoms with Gasteiger partial charge in [-0.25, -0.2) is 0 Å². The van der Waals surface area contributed by atoms with Crippen LogP contribution < -0.4 is 0 Å². The van der Waals surface area contributed by atoms with Crippen LogP contribution >= 0.6 is 11.6 Å². The van der Waals surface area contributed by atoms with Gasteiger partial charge in [0.25, 0.3) is 0 Å². The molecule has 304 valence electrons. The predicted molar refractivity (Wildman–Crippen MR) is 257 cm³/mol. The first-order chi connectivity index (χ1) is 28.7. The number of hydrogen-bond acceptors (Lipinski definition) is 0. The maximum atomic E-state index is 6.23. The van der Waals surface area contributed by atoms with E-state index in [2.05, 4.69) is 145 Å². The van der Waals surface area contributed by atoms with Crippen molar-refractivity contribution in [2.24, 2.45) is 0 Å². The Kier molecular flexibility index (Phi) is 12.4. The van der Waals surface area contributed by atoms with Gasteiger partial charge in [-0.05, 0) is 146 Å². The summed E-state index contributed by atoms with van der Waals surface area (Å²) in [4.78, 5) is 0. The SMILES string of the molecule is CCCCCCCCC1(CCCCCCCC)c2ccccc2-c2ccc(-c3ccc4c(c3)C(C)(C)c3cc(-c5cc(C)c(-c6ccc(Cl)cc6)c(C)c5)ccc3-4)cc21. The van der Waals surface area contributed by atoms with Crippen LogP contribution in [0, 0.1) is 13.8 Å². The third kappa shape index (κ3) is 8.00. The van der Waals surface area contributed by atoms with Gasteiger partial charge in [-0.2, -0.15) is 0 Å². The van der Waals surface area contributed by atoms with E-state index in [0.717, 1.165) is 5.02 Å². The first-order valence-electron chi connectivity index (χ1n) is 23.1. The van der Waals surface area contributed by atoms with Crippen LogP contribution in [0.15, 0.2) is 115 Å². The minimum Gasteiger partial charge on any atom is -0.0843 e. The molecule has 6 aromatic carbocycles. The molecule has 0 fully saturated rings. The van der Waals surface area contributed by atoms with E-state index in [9.17, 15) is 0 Å². The Balaban J connectivity index is 1.11. The van der Waals surface area contributed by atoms with Gasteiger partial charge >= 0.3 is 0 Å². The van der Waals surface area contributed by atoms with E-state index in [1.165, 1.54) is 168 Å². The van der Waals surface area contributed by atoms with E-state index >= 15 is 0 Å². The first-order valence-corrected chi connectivity index (χ1v) is 23.5. The number of benzene rings is 6. The number of unbranched alkanes of at least 4 members (excludes halogenated alkanes) is 10. The van der Waals surface area contributed by atoms with Crippen molar-refractivity contribution < 1.29 is 0 Å².